The van der Waals surface area contributed by atoms with Gasteiger partial charge in [-0.3, -0.25) is 0 Å². The van der Waals surface area contributed by atoms with Gasteiger partial charge < -0.3 is 4.90 Å². The molecule has 8 nitrogen and oxygen atoms in total. The van der Waals surface area contributed by atoms with E-state index in [1.165, 1.54) is 23.1 Å². The molecule has 0 saturated carbocycles. The first kappa shape index (κ1) is 28.3. The number of hydrogen-bond donors (Lipinski definition) is 0. The van der Waals surface area contributed by atoms with E-state index in [9.17, 15) is 26.3 Å². The first-order chi connectivity index (χ1) is 18.4. The van der Waals surface area contributed by atoms with Gasteiger partial charge in [0.25, 0.3) is 5.95 Å². The molecular formula is C25H24F6N6O2. The van der Waals surface area contributed by atoms with Gasteiger partial charge in [0.1, 0.15) is 6.54 Å². The molecule has 0 bridgehead atoms. The Morgan fingerprint density at radius 1 is 1.10 bits per heavy atom. The maximum Gasteiger partial charge on any atom is 0.491 e. The zero-order valence-electron chi connectivity index (χ0n) is 21.0. The van der Waals surface area contributed by atoms with Gasteiger partial charge in [-0.2, -0.15) is 13.2 Å². The van der Waals surface area contributed by atoms with Crippen LogP contribution in [0.25, 0.3) is 15.9 Å². The van der Waals surface area contributed by atoms with Crippen molar-refractivity contribution in [2.45, 2.75) is 52.2 Å². The Balaban J connectivity index is 1.71. The molecule has 0 saturated heterocycles. The first-order valence-electron chi connectivity index (χ1n) is 12.0. The maximum atomic E-state index is 14.0. The molecule has 0 spiro atoms. The molecule has 2 heterocycles. The number of hydrogen-bond acceptors (Lipinski definition) is 6. The van der Waals surface area contributed by atoms with Crippen LogP contribution in [0.1, 0.15) is 36.5 Å². The summed E-state index contributed by atoms with van der Waals surface area (Å²) in [7, 11) is 0. The van der Waals surface area contributed by atoms with Crippen LogP contribution in [0.2, 0.25) is 0 Å². The molecule has 39 heavy (non-hydrogen) atoms. The molecule has 0 fully saturated rings. The predicted octanol–water partition coefficient (Wildman–Crippen LogP) is 7.96. The third kappa shape index (κ3) is 6.31. The van der Waals surface area contributed by atoms with Crippen LogP contribution in [-0.4, -0.2) is 35.4 Å². The molecule has 1 aliphatic rings. The Hall–Kier alpha value is -3.70. The third-order valence-corrected chi connectivity index (χ3v) is 6.15. The average molecular weight is 554 g/mol. The highest BCUT2D eigenvalue weighted by atomic mass is 19.4. The van der Waals surface area contributed by atoms with E-state index in [-0.39, 0.29) is 45.7 Å². The second kappa shape index (κ2) is 11.2. The summed E-state index contributed by atoms with van der Waals surface area (Å²) in [5.74, 6) is -0.760. The van der Waals surface area contributed by atoms with Crippen LogP contribution >= 0.6 is 0 Å². The van der Waals surface area contributed by atoms with E-state index in [4.69, 9.17) is 16.3 Å². The summed E-state index contributed by atoms with van der Waals surface area (Å²) in [6, 6.07) is 5.26. The van der Waals surface area contributed by atoms with Gasteiger partial charge in [-0.25, -0.2) is 24.2 Å². The Kier molecular flexibility index (Phi) is 8.12. The zero-order chi connectivity index (χ0) is 28.4. The number of alkyl halides is 6. The molecule has 0 aliphatic carbocycles. The minimum absolute atomic E-state index is 0.0644. The summed E-state index contributed by atoms with van der Waals surface area (Å²) >= 11 is 0. The summed E-state index contributed by atoms with van der Waals surface area (Å²) < 4.78 is 81.1. The van der Waals surface area contributed by atoms with Crippen molar-refractivity contribution in [3.05, 3.63) is 52.4 Å². The molecule has 1 aliphatic heterocycles. The van der Waals surface area contributed by atoms with E-state index in [1.54, 1.807) is 6.92 Å². The number of aromatic nitrogens is 2. The van der Waals surface area contributed by atoms with E-state index in [0.717, 1.165) is 6.07 Å². The molecule has 4 rings (SSSR count). The number of halogens is 6. The van der Waals surface area contributed by atoms with Crippen molar-refractivity contribution in [2.24, 2.45) is 10.2 Å². The topological polar surface area (TPSA) is 68.6 Å². The van der Waals surface area contributed by atoms with Gasteiger partial charge in [-0.15, -0.1) is 23.4 Å². The number of benzene rings is 2. The lowest BCUT2D eigenvalue weighted by Gasteiger charge is -2.33. The summed E-state index contributed by atoms with van der Waals surface area (Å²) in [6.07, 6.45) is -7.61. The van der Waals surface area contributed by atoms with Gasteiger partial charge in [-0.1, -0.05) is 6.92 Å². The molecular weight excluding hydrogens is 530 g/mol. The van der Waals surface area contributed by atoms with E-state index >= 15 is 0 Å². The minimum Gasteiger partial charge on any atom is -0.362 e. The van der Waals surface area contributed by atoms with Crippen molar-refractivity contribution in [1.29, 1.82) is 0 Å². The lowest BCUT2D eigenvalue weighted by Crippen LogP contribution is -2.37. The van der Waals surface area contributed by atoms with E-state index in [2.05, 4.69) is 20.1 Å². The largest absolute Gasteiger partial charge is 0.491 e. The number of nitrogens with zero attached hydrogens (tertiary/aromatic N) is 6. The van der Waals surface area contributed by atoms with E-state index in [0.29, 0.717) is 42.7 Å². The Morgan fingerprint density at radius 3 is 2.54 bits per heavy atom. The van der Waals surface area contributed by atoms with Crippen LogP contribution < -0.4 is 4.90 Å². The molecule has 3 aromatic rings. The summed E-state index contributed by atoms with van der Waals surface area (Å²) in [6.45, 7) is 10.2. The number of fused-ring (bicyclic) bond motifs is 2. The van der Waals surface area contributed by atoms with E-state index < -0.39 is 25.0 Å². The number of anilines is 1. The normalized spacial score (nSPS) is 14.3. The van der Waals surface area contributed by atoms with Crippen LogP contribution in [0.4, 0.5) is 49.4 Å². The van der Waals surface area contributed by atoms with Crippen LogP contribution in [0, 0.1) is 13.5 Å². The van der Waals surface area contributed by atoms with Gasteiger partial charge in [0.15, 0.2) is 5.69 Å². The summed E-state index contributed by atoms with van der Waals surface area (Å²) in [4.78, 5) is 18.5. The Labute approximate surface area is 219 Å². The zero-order valence-corrected chi connectivity index (χ0v) is 21.0. The average Bonchev–Trinajstić information content (AvgIpc) is 3.23. The fraction of sp³-hybridized carbons (Fsp3) is 0.440. The van der Waals surface area contributed by atoms with Crippen LogP contribution in [0.15, 0.2) is 34.5 Å². The van der Waals surface area contributed by atoms with Crippen molar-refractivity contribution in [2.75, 3.05) is 24.6 Å². The van der Waals surface area contributed by atoms with Crippen LogP contribution in [0.3, 0.4) is 0 Å². The van der Waals surface area contributed by atoms with Crippen LogP contribution in [0.5, 0.6) is 0 Å². The van der Waals surface area contributed by atoms with Gasteiger partial charge in [0.2, 0.25) is 0 Å². The highest BCUT2D eigenvalue weighted by Gasteiger charge is 2.36. The molecule has 208 valence electrons. The molecule has 0 N–H and O–H groups in total. The van der Waals surface area contributed by atoms with Gasteiger partial charge in [-0.05, 0) is 67.1 Å². The first-order valence-corrected chi connectivity index (χ1v) is 12.0. The number of rotatable bonds is 8. The Morgan fingerprint density at radius 2 is 1.87 bits per heavy atom. The Bertz CT molecular complexity index is 1420. The molecule has 0 atom stereocenters. The highest BCUT2D eigenvalue weighted by Crippen LogP contribution is 2.39. The molecule has 14 heteroatoms. The van der Waals surface area contributed by atoms with Crippen LogP contribution in [-0.2, 0) is 29.1 Å². The molecule has 0 amide bonds. The van der Waals surface area contributed by atoms with Gasteiger partial charge in [0, 0.05) is 12.2 Å². The highest BCUT2D eigenvalue weighted by molar-refractivity contribution is 5.84. The number of azo groups is 1. The molecule has 0 radical (unpaired) electrons. The van der Waals surface area contributed by atoms with Gasteiger partial charge >= 0.3 is 12.5 Å². The van der Waals surface area contributed by atoms with Crippen molar-refractivity contribution in [3.8, 4) is 0 Å². The maximum absolute atomic E-state index is 14.0. The van der Waals surface area contributed by atoms with Gasteiger partial charge in [0.05, 0.1) is 36.5 Å². The van der Waals surface area contributed by atoms with Crippen molar-refractivity contribution < 1.29 is 36.1 Å². The summed E-state index contributed by atoms with van der Waals surface area (Å²) in [5.41, 5.74) is 1.57. The molecule has 0 unspecified atom stereocenters. The van der Waals surface area contributed by atoms with Crippen molar-refractivity contribution in [3.63, 3.8) is 0 Å². The quantitative estimate of drug-likeness (QED) is 0.0708. The minimum atomic E-state index is -4.92. The molecule has 1 aromatic heterocycles. The fourth-order valence-electron chi connectivity index (χ4n) is 4.42. The molecule has 2 aromatic carbocycles. The van der Waals surface area contributed by atoms with E-state index in [1.807, 2.05) is 6.92 Å². The fourth-order valence-corrected chi connectivity index (χ4v) is 4.42. The summed E-state index contributed by atoms with van der Waals surface area (Å²) in [5, 5.41) is 7.75. The monoisotopic (exact) mass is 554 g/mol. The predicted molar refractivity (Wildman–Crippen MR) is 130 cm³/mol. The smallest absolute Gasteiger partial charge is 0.362 e. The second-order valence-corrected chi connectivity index (χ2v) is 8.93. The standard InChI is InChI=1S/C25H24F6N6O2/c1-4-10-38-39-13-16-11-20-22(12-19(16)32-3)37(25(29,30)31)23(33-20)35-34-18-7-8-21-17(15(18)2)6-5-9-36(21)14-24(26,27)28/h7-8,11-12H,4-6,9-10,13-14H2,1-2H3. The lowest BCUT2D eigenvalue weighted by atomic mass is 9.96. The SMILES string of the molecule is [C-]#[N+]c1cc2c(cc1COOCCC)nc(N=Nc1ccc3c(c1C)CCCN3CC(F)(F)F)n2C(F)(F)F. The van der Waals surface area contributed by atoms with Crippen molar-refractivity contribution in [1.82, 2.24) is 9.55 Å². The third-order valence-electron chi connectivity index (χ3n) is 6.15. The van der Waals surface area contributed by atoms with Crippen molar-refractivity contribution >= 4 is 34.0 Å². The second-order valence-electron chi connectivity index (χ2n) is 8.93. The lowest BCUT2D eigenvalue weighted by molar-refractivity contribution is -0.303. The number of imidazole rings is 1.